The summed E-state index contributed by atoms with van der Waals surface area (Å²) in [5, 5.41) is 1.89. The Bertz CT molecular complexity index is 403. The van der Waals surface area contributed by atoms with E-state index in [1.165, 1.54) is 11.3 Å². The Morgan fingerprint density at radius 3 is 2.87 bits per heavy atom. The summed E-state index contributed by atoms with van der Waals surface area (Å²) in [7, 11) is 1.86. The lowest BCUT2D eigenvalue weighted by Crippen LogP contribution is -2.44. The molecule has 84 valence electrons. The predicted octanol–water partition coefficient (Wildman–Crippen LogP) is 1.03. The third-order valence-corrected chi connectivity index (χ3v) is 3.06. The second kappa shape index (κ2) is 4.72. The van der Waals surface area contributed by atoms with Gasteiger partial charge in [0.2, 0.25) is 0 Å². The highest BCUT2D eigenvalue weighted by molar-refractivity contribution is 7.07. The molecule has 1 atom stereocenters. The quantitative estimate of drug-likeness (QED) is 0.838. The molecule has 1 heterocycles. The van der Waals surface area contributed by atoms with Crippen molar-refractivity contribution in [3.8, 4) is 0 Å². The van der Waals surface area contributed by atoms with Gasteiger partial charge in [-0.25, -0.2) is 0 Å². The van der Waals surface area contributed by atoms with Crippen LogP contribution < -0.4 is 10.5 Å². The molecule has 1 unspecified atom stereocenters. The van der Waals surface area contributed by atoms with Gasteiger partial charge in [0.05, 0.1) is 5.54 Å². The molecule has 2 N–H and O–H groups in total. The average Bonchev–Trinajstić information content (AvgIpc) is 2.52. The molecule has 0 fully saturated rings. The van der Waals surface area contributed by atoms with Gasteiger partial charge in [-0.15, -0.1) is 11.3 Å². The van der Waals surface area contributed by atoms with Gasteiger partial charge < -0.3 is 10.3 Å². The summed E-state index contributed by atoms with van der Waals surface area (Å²) in [5.41, 5.74) is 5.05. The summed E-state index contributed by atoms with van der Waals surface area (Å²) in [6.45, 7) is 3.74. The number of carbonyl (C=O) groups excluding carboxylic acids is 1. The summed E-state index contributed by atoms with van der Waals surface area (Å²) in [4.78, 5) is 16.5. The molecule has 1 amide bonds. The van der Waals surface area contributed by atoms with Crippen molar-refractivity contribution >= 4 is 17.2 Å². The molecule has 0 aliphatic carbocycles. The first kappa shape index (κ1) is 12.1. The van der Waals surface area contributed by atoms with Crippen LogP contribution in [0, 0.1) is 0 Å². The van der Waals surface area contributed by atoms with Crippen LogP contribution in [0.3, 0.4) is 0 Å². The highest BCUT2D eigenvalue weighted by atomic mass is 32.1. The van der Waals surface area contributed by atoms with Crippen molar-refractivity contribution in [3.05, 3.63) is 16.4 Å². The Morgan fingerprint density at radius 1 is 1.73 bits per heavy atom. The van der Waals surface area contributed by atoms with Crippen molar-refractivity contribution in [2.75, 3.05) is 0 Å². The van der Waals surface area contributed by atoms with Crippen LogP contribution in [0.2, 0.25) is 0 Å². The van der Waals surface area contributed by atoms with Crippen molar-refractivity contribution in [1.82, 2.24) is 4.57 Å². The Hall–Kier alpha value is -0.940. The molecule has 5 heteroatoms. The zero-order valence-corrected chi connectivity index (χ0v) is 10.2. The van der Waals surface area contributed by atoms with E-state index in [0.717, 1.165) is 6.42 Å². The number of hydrogen-bond donors (Lipinski definition) is 1. The minimum Gasteiger partial charge on any atom is -0.327 e. The van der Waals surface area contributed by atoms with E-state index in [2.05, 4.69) is 4.99 Å². The average molecular weight is 227 g/mol. The normalized spacial score (nSPS) is 16.4. The van der Waals surface area contributed by atoms with Crippen molar-refractivity contribution in [3.63, 3.8) is 0 Å². The van der Waals surface area contributed by atoms with E-state index < -0.39 is 5.54 Å². The molecule has 0 saturated carbocycles. The molecule has 0 spiro atoms. The lowest BCUT2D eigenvalue weighted by Gasteiger charge is -2.18. The number of aryl methyl sites for hydroxylation is 1. The van der Waals surface area contributed by atoms with Crippen LogP contribution in [0.1, 0.15) is 26.7 Å². The summed E-state index contributed by atoms with van der Waals surface area (Å²) < 4.78 is 1.81. The number of nitrogens with zero attached hydrogens (tertiary/aromatic N) is 2. The third kappa shape index (κ3) is 3.00. The molecule has 0 aromatic carbocycles. The Morgan fingerprint density at radius 2 is 2.40 bits per heavy atom. The molecule has 4 nitrogen and oxygen atoms in total. The molecular formula is C10H17N3OS. The van der Waals surface area contributed by atoms with Gasteiger partial charge >= 0.3 is 0 Å². The summed E-state index contributed by atoms with van der Waals surface area (Å²) in [5.74, 6) is -0.248. The van der Waals surface area contributed by atoms with Gasteiger partial charge in [-0.2, -0.15) is 4.99 Å². The fraction of sp³-hybridized carbons (Fsp3) is 0.600. The summed E-state index contributed by atoms with van der Waals surface area (Å²) >= 11 is 1.43. The molecule has 1 rings (SSSR count). The zero-order valence-electron chi connectivity index (χ0n) is 9.36. The molecule has 0 radical (unpaired) electrons. The van der Waals surface area contributed by atoms with Gasteiger partial charge in [-0.1, -0.05) is 13.3 Å². The molecule has 0 bridgehead atoms. The van der Waals surface area contributed by atoms with E-state index in [1.807, 2.05) is 30.1 Å². The number of thiazole rings is 1. The molecule has 1 aromatic rings. The lowest BCUT2D eigenvalue weighted by molar-refractivity contribution is -0.122. The van der Waals surface area contributed by atoms with E-state index in [9.17, 15) is 4.79 Å². The predicted molar refractivity (Wildman–Crippen MR) is 61.4 cm³/mol. The van der Waals surface area contributed by atoms with Crippen molar-refractivity contribution in [2.45, 2.75) is 32.2 Å². The van der Waals surface area contributed by atoms with Crippen LogP contribution in [-0.4, -0.2) is 16.0 Å². The van der Waals surface area contributed by atoms with Crippen LogP contribution in [0.15, 0.2) is 16.6 Å². The third-order valence-electron chi connectivity index (χ3n) is 2.21. The van der Waals surface area contributed by atoms with Gasteiger partial charge in [-0.3, -0.25) is 4.79 Å². The SMILES string of the molecule is CCCC(C)(N)C(=O)N=c1sccn1C. The lowest BCUT2D eigenvalue weighted by atomic mass is 9.97. The first-order valence-corrected chi connectivity index (χ1v) is 5.83. The summed E-state index contributed by atoms with van der Waals surface area (Å²) in [6, 6.07) is 0. The van der Waals surface area contributed by atoms with E-state index in [0.29, 0.717) is 11.2 Å². The second-order valence-corrected chi connectivity index (χ2v) is 4.75. The Balaban J connectivity index is 2.93. The molecule has 0 saturated heterocycles. The maximum Gasteiger partial charge on any atom is 0.268 e. The molecular weight excluding hydrogens is 210 g/mol. The van der Waals surface area contributed by atoms with Crippen LogP contribution in [0.25, 0.3) is 0 Å². The van der Waals surface area contributed by atoms with Crippen molar-refractivity contribution < 1.29 is 4.79 Å². The fourth-order valence-electron chi connectivity index (χ4n) is 1.28. The monoisotopic (exact) mass is 227 g/mol. The van der Waals surface area contributed by atoms with E-state index in [4.69, 9.17) is 5.73 Å². The van der Waals surface area contributed by atoms with Crippen LogP contribution in [0.5, 0.6) is 0 Å². The first-order valence-electron chi connectivity index (χ1n) is 4.95. The molecule has 0 aliphatic heterocycles. The minimum absolute atomic E-state index is 0.248. The van der Waals surface area contributed by atoms with Gasteiger partial charge in [-0.05, 0) is 13.3 Å². The van der Waals surface area contributed by atoms with Gasteiger partial charge in [0.15, 0.2) is 4.80 Å². The number of carbonyl (C=O) groups is 1. The first-order chi connectivity index (χ1) is 6.97. The number of nitrogens with two attached hydrogens (primary N) is 1. The minimum atomic E-state index is -0.842. The van der Waals surface area contributed by atoms with Crippen LogP contribution in [-0.2, 0) is 11.8 Å². The second-order valence-electron chi connectivity index (χ2n) is 3.88. The Labute approximate surface area is 93.5 Å². The maximum atomic E-state index is 11.8. The maximum absolute atomic E-state index is 11.8. The van der Waals surface area contributed by atoms with Crippen molar-refractivity contribution in [1.29, 1.82) is 0 Å². The number of aromatic nitrogens is 1. The highest BCUT2D eigenvalue weighted by Gasteiger charge is 2.26. The molecule has 15 heavy (non-hydrogen) atoms. The van der Waals surface area contributed by atoms with Gasteiger partial charge in [0.1, 0.15) is 0 Å². The smallest absolute Gasteiger partial charge is 0.268 e. The highest BCUT2D eigenvalue weighted by Crippen LogP contribution is 2.10. The van der Waals surface area contributed by atoms with E-state index in [1.54, 1.807) is 6.92 Å². The number of rotatable bonds is 3. The summed E-state index contributed by atoms with van der Waals surface area (Å²) in [6.07, 6.45) is 3.40. The van der Waals surface area contributed by atoms with Gasteiger partial charge in [0, 0.05) is 18.6 Å². The zero-order chi connectivity index (χ0) is 11.5. The fourth-order valence-corrected chi connectivity index (χ4v) is 2.00. The van der Waals surface area contributed by atoms with Crippen LogP contribution >= 0.6 is 11.3 Å². The van der Waals surface area contributed by atoms with E-state index >= 15 is 0 Å². The Kier molecular flexibility index (Phi) is 3.82. The van der Waals surface area contributed by atoms with Crippen molar-refractivity contribution in [2.24, 2.45) is 17.8 Å². The van der Waals surface area contributed by atoms with Gasteiger partial charge in [0.25, 0.3) is 5.91 Å². The van der Waals surface area contributed by atoms with E-state index in [-0.39, 0.29) is 5.91 Å². The number of amides is 1. The molecule has 1 aromatic heterocycles. The molecule has 0 aliphatic rings. The topological polar surface area (TPSA) is 60.4 Å². The number of hydrogen-bond acceptors (Lipinski definition) is 3. The standard InChI is InChI=1S/C10H17N3OS/c1-4-5-10(2,11)8(14)12-9-13(3)6-7-15-9/h6-7H,4-5,11H2,1-3H3. The largest absolute Gasteiger partial charge is 0.327 e. The van der Waals surface area contributed by atoms with Crippen LogP contribution in [0.4, 0.5) is 0 Å².